The minimum atomic E-state index is -0.924. The number of carbonyl (C=O) groups is 3. The third kappa shape index (κ3) is 6.19. The lowest BCUT2D eigenvalue weighted by molar-refractivity contribution is -0.133. The van der Waals surface area contributed by atoms with Crippen LogP contribution in [0.2, 0.25) is 0 Å². The zero-order chi connectivity index (χ0) is 22.4. The summed E-state index contributed by atoms with van der Waals surface area (Å²) in [6.07, 6.45) is 2.11. The molecule has 0 radical (unpaired) electrons. The number of ether oxygens (including phenoxy) is 1. The Morgan fingerprint density at radius 3 is 2.26 bits per heavy atom. The second-order valence-corrected chi connectivity index (χ2v) is 8.01. The van der Waals surface area contributed by atoms with Crippen LogP contribution in [0.3, 0.4) is 0 Å². The van der Waals surface area contributed by atoms with Crippen molar-refractivity contribution in [2.24, 2.45) is 5.73 Å². The van der Waals surface area contributed by atoms with Crippen LogP contribution in [0, 0.1) is 0 Å². The number of pyridine rings is 1. The number of carbonyl (C=O) groups excluding carboxylic acids is 3. The summed E-state index contributed by atoms with van der Waals surface area (Å²) >= 11 is 0. The number of hydrogen-bond donors (Lipinski definition) is 3. The molecule has 0 aliphatic carbocycles. The molecule has 0 saturated carbocycles. The summed E-state index contributed by atoms with van der Waals surface area (Å²) in [4.78, 5) is 42.6. The number of nitrogens with zero attached hydrogens (tertiary/aromatic N) is 1. The first-order chi connectivity index (χ1) is 14.8. The van der Waals surface area contributed by atoms with Crippen molar-refractivity contribution in [1.29, 1.82) is 0 Å². The Bertz CT molecular complexity index is 914. The fraction of sp³-hybridized carbons (Fsp3) is 0.391. The first-order valence-corrected chi connectivity index (χ1v) is 10.3. The number of benzene rings is 1. The smallest absolute Gasteiger partial charge is 0.243 e. The van der Waals surface area contributed by atoms with Crippen molar-refractivity contribution in [3.8, 4) is 0 Å². The molecule has 0 unspecified atom stereocenters. The number of nitrogens with one attached hydrogen (secondary N) is 2. The molecular formula is C23H28N4O4. The van der Waals surface area contributed by atoms with Gasteiger partial charge in [0, 0.05) is 18.3 Å². The SMILES string of the molecule is C[C@H](N)C(=O)N[C@@H](Cc1ccccn1)C(=O)N[C@@H](Cc1ccccc1)C(=O)[C@@]1(C)CO1. The second-order valence-electron chi connectivity index (χ2n) is 8.01. The minimum absolute atomic E-state index is 0.172. The molecule has 1 aliphatic heterocycles. The largest absolute Gasteiger partial charge is 0.361 e. The molecule has 4 atom stereocenters. The number of rotatable bonds is 10. The van der Waals surface area contributed by atoms with Gasteiger partial charge in [-0.25, -0.2) is 0 Å². The van der Waals surface area contributed by atoms with Gasteiger partial charge < -0.3 is 21.1 Å². The highest BCUT2D eigenvalue weighted by atomic mass is 16.6. The molecule has 3 rings (SSSR count). The van der Waals surface area contributed by atoms with Crippen LogP contribution in [-0.2, 0) is 32.0 Å². The van der Waals surface area contributed by atoms with E-state index in [1.807, 2.05) is 30.3 Å². The number of hydrogen-bond acceptors (Lipinski definition) is 6. The predicted molar refractivity (Wildman–Crippen MR) is 115 cm³/mol. The molecule has 164 valence electrons. The predicted octanol–water partition coefficient (Wildman–Crippen LogP) is 0.542. The van der Waals surface area contributed by atoms with Crippen LogP contribution in [0.25, 0.3) is 0 Å². The molecule has 1 saturated heterocycles. The molecule has 0 bridgehead atoms. The Hall–Kier alpha value is -3.10. The maximum atomic E-state index is 13.2. The van der Waals surface area contributed by atoms with E-state index < -0.39 is 35.5 Å². The number of amides is 2. The Morgan fingerprint density at radius 1 is 1.03 bits per heavy atom. The van der Waals surface area contributed by atoms with Crippen LogP contribution < -0.4 is 16.4 Å². The highest BCUT2D eigenvalue weighted by molar-refractivity contribution is 5.98. The van der Waals surface area contributed by atoms with Crippen molar-refractivity contribution >= 4 is 17.6 Å². The third-order valence-electron chi connectivity index (χ3n) is 5.20. The van der Waals surface area contributed by atoms with Crippen molar-refractivity contribution in [1.82, 2.24) is 15.6 Å². The van der Waals surface area contributed by atoms with Gasteiger partial charge in [0.25, 0.3) is 0 Å². The van der Waals surface area contributed by atoms with Gasteiger partial charge in [0.15, 0.2) is 5.78 Å². The number of nitrogens with two attached hydrogens (primary N) is 1. The molecule has 1 aromatic heterocycles. The summed E-state index contributed by atoms with van der Waals surface area (Å²) in [7, 11) is 0. The highest BCUT2D eigenvalue weighted by Gasteiger charge is 2.50. The van der Waals surface area contributed by atoms with E-state index in [-0.39, 0.29) is 12.2 Å². The Morgan fingerprint density at radius 2 is 1.68 bits per heavy atom. The van der Waals surface area contributed by atoms with Crippen LogP contribution in [0.15, 0.2) is 54.7 Å². The lowest BCUT2D eigenvalue weighted by Gasteiger charge is -2.24. The van der Waals surface area contributed by atoms with E-state index in [0.717, 1.165) is 5.56 Å². The van der Waals surface area contributed by atoms with Gasteiger partial charge in [0.05, 0.1) is 18.7 Å². The summed E-state index contributed by atoms with van der Waals surface area (Å²) in [6, 6.07) is 12.3. The number of ketones is 1. The van der Waals surface area contributed by atoms with E-state index in [1.54, 1.807) is 31.3 Å². The lowest BCUT2D eigenvalue weighted by atomic mass is 9.94. The first-order valence-electron chi connectivity index (χ1n) is 10.3. The van der Waals surface area contributed by atoms with Gasteiger partial charge in [-0.3, -0.25) is 19.4 Å². The van der Waals surface area contributed by atoms with E-state index in [4.69, 9.17) is 10.5 Å². The summed E-state index contributed by atoms with van der Waals surface area (Å²) in [5, 5.41) is 5.49. The summed E-state index contributed by atoms with van der Waals surface area (Å²) < 4.78 is 5.31. The fourth-order valence-corrected chi connectivity index (χ4v) is 3.19. The highest BCUT2D eigenvalue weighted by Crippen LogP contribution is 2.29. The normalized spacial score (nSPS) is 20.2. The number of aromatic nitrogens is 1. The van der Waals surface area contributed by atoms with E-state index in [1.165, 1.54) is 6.92 Å². The van der Waals surface area contributed by atoms with Crippen LogP contribution >= 0.6 is 0 Å². The number of Topliss-reactive ketones (excluding diaryl/α,β-unsaturated/α-hetero) is 1. The Balaban J connectivity index is 1.79. The minimum Gasteiger partial charge on any atom is -0.361 e. The van der Waals surface area contributed by atoms with E-state index in [0.29, 0.717) is 18.7 Å². The zero-order valence-corrected chi connectivity index (χ0v) is 17.7. The van der Waals surface area contributed by atoms with Crippen LogP contribution in [0.1, 0.15) is 25.1 Å². The monoisotopic (exact) mass is 424 g/mol. The molecular weight excluding hydrogens is 396 g/mol. The third-order valence-corrected chi connectivity index (χ3v) is 5.20. The van der Waals surface area contributed by atoms with E-state index >= 15 is 0 Å². The van der Waals surface area contributed by atoms with Gasteiger partial charge in [-0.05, 0) is 38.0 Å². The molecule has 1 aliphatic rings. The van der Waals surface area contributed by atoms with Crippen molar-refractivity contribution < 1.29 is 19.1 Å². The van der Waals surface area contributed by atoms with Gasteiger partial charge in [0.1, 0.15) is 11.6 Å². The average molecular weight is 425 g/mol. The standard InChI is InChI=1S/C23H28N4O4/c1-15(24)21(29)27-19(13-17-10-6-7-11-25-17)22(30)26-18(20(28)23(2)14-31-23)12-16-8-4-3-5-9-16/h3-11,15,18-19H,12-14,24H2,1-2H3,(H,26,30)(H,27,29)/t15-,18-,19-,23+/m0/s1. The average Bonchev–Trinajstić information content (AvgIpc) is 3.52. The molecule has 2 aromatic rings. The maximum Gasteiger partial charge on any atom is 0.243 e. The molecule has 2 heterocycles. The van der Waals surface area contributed by atoms with Gasteiger partial charge in [-0.2, -0.15) is 0 Å². The second kappa shape index (κ2) is 9.80. The van der Waals surface area contributed by atoms with Crippen molar-refractivity contribution in [2.75, 3.05) is 6.61 Å². The van der Waals surface area contributed by atoms with E-state index in [9.17, 15) is 14.4 Å². The maximum absolute atomic E-state index is 13.2. The molecule has 8 heteroatoms. The summed E-state index contributed by atoms with van der Waals surface area (Å²) in [6.45, 7) is 3.58. The van der Waals surface area contributed by atoms with E-state index in [2.05, 4.69) is 15.6 Å². The Kier molecular flexibility index (Phi) is 7.14. The van der Waals surface area contributed by atoms with Gasteiger partial charge >= 0.3 is 0 Å². The van der Waals surface area contributed by atoms with Crippen LogP contribution in [0.4, 0.5) is 0 Å². The Labute approximate surface area is 181 Å². The molecule has 4 N–H and O–H groups in total. The topological polar surface area (TPSA) is 127 Å². The van der Waals surface area contributed by atoms with Gasteiger partial charge in [0.2, 0.25) is 11.8 Å². The zero-order valence-electron chi connectivity index (χ0n) is 17.7. The first kappa shape index (κ1) is 22.6. The molecule has 2 amide bonds. The van der Waals surface area contributed by atoms with Crippen molar-refractivity contribution in [3.05, 3.63) is 66.0 Å². The van der Waals surface area contributed by atoms with Crippen LogP contribution in [0.5, 0.6) is 0 Å². The van der Waals surface area contributed by atoms with Crippen molar-refractivity contribution in [3.63, 3.8) is 0 Å². The molecule has 0 spiro atoms. The summed E-state index contributed by atoms with van der Waals surface area (Å²) in [5.41, 5.74) is 6.32. The fourth-order valence-electron chi connectivity index (χ4n) is 3.19. The number of epoxide rings is 1. The van der Waals surface area contributed by atoms with Gasteiger partial charge in [-0.1, -0.05) is 36.4 Å². The molecule has 8 nitrogen and oxygen atoms in total. The quantitative estimate of drug-likeness (QED) is 0.478. The molecule has 1 fully saturated rings. The summed E-state index contributed by atoms with van der Waals surface area (Å²) in [5.74, 6) is -1.13. The lowest BCUT2D eigenvalue weighted by Crippen LogP contribution is -2.56. The van der Waals surface area contributed by atoms with Crippen LogP contribution in [-0.4, -0.2) is 52.9 Å². The molecule has 31 heavy (non-hydrogen) atoms. The van der Waals surface area contributed by atoms with Crippen molar-refractivity contribution in [2.45, 2.75) is 50.4 Å². The van der Waals surface area contributed by atoms with Gasteiger partial charge in [-0.15, -0.1) is 0 Å². The molecule has 1 aromatic carbocycles.